The molecule has 3 rings (SSSR count). The molecule has 0 radical (unpaired) electrons. The van der Waals surface area contributed by atoms with Crippen LogP contribution in [0.25, 0.3) is 22.2 Å². The summed E-state index contributed by atoms with van der Waals surface area (Å²) in [4.78, 5) is 11.4. The van der Waals surface area contributed by atoms with Gasteiger partial charge in [0, 0.05) is 23.3 Å². The molecule has 2 heterocycles. The highest BCUT2D eigenvalue weighted by Gasteiger charge is 2.12. The summed E-state index contributed by atoms with van der Waals surface area (Å²) in [6, 6.07) is 5.95. The highest BCUT2D eigenvalue weighted by Crippen LogP contribution is 2.32. The van der Waals surface area contributed by atoms with Gasteiger partial charge < -0.3 is 10.7 Å². The number of nitrogen functional groups attached to an aromatic ring is 1. The fraction of sp³-hybridized carbons (Fsp3) is 0.143. The lowest BCUT2D eigenvalue weighted by Crippen LogP contribution is -2.02. The van der Waals surface area contributed by atoms with E-state index in [0.29, 0.717) is 10.8 Å². The van der Waals surface area contributed by atoms with Crippen LogP contribution >= 0.6 is 23.5 Å². The van der Waals surface area contributed by atoms with E-state index in [-0.39, 0.29) is 0 Å². The number of benzene rings is 1. The molecule has 0 fully saturated rings. The Bertz CT molecular complexity index is 786. The van der Waals surface area contributed by atoms with Gasteiger partial charge >= 0.3 is 0 Å². The van der Waals surface area contributed by atoms with Crippen LogP contribution in [0.2, 0.25) is 5.02 Å². The maximum Gasteiger partial charge on any atom is 0.143 e. The van der Waals surface area contributed by atoms with Crippen LogP contribution in [0.15, 0.2) is 30.7 Å². The Kier molecular flexibility index (Phi) is 4.01. The quantitative estimate of drug-likeness (QED) is 0.643. The first-order valence-corrected chi connectivity index (χ1v) is 7.92. The van der Waals surface area contributed by atoms with E-state index in [1.165, 1.54) is 6.33 Å². The molecule has 0 unspecified atom stereocenters. The number of nitrogens with zero attached hydrogens (tertiary/aromatic N) is 2. The Morgan fingerprint density at radius 2 is 2.19 bits per heavy atom. The molecule has 0 amide bonds. The molecule has 21 heavy (non-hydrogen) atoms. The van der Waals surface area contributed by atoms with Crippen molar-refractivity contribution in [2.75, 3.05) is 12.0 Å². The van der Waals surface area contributed by atoms with Gasteiger partial charge in [0.1, 0.15) is 17.8 Å². The molecular formula is C14H14ClN5S. The molecule has 3 aromatic rings. The van der Waals surface area contributed by atoms with Gasteiger partial charge in [-0.05, 0) is 35.6 Å². The molecule has 5 nitrogen and oxygen atoms in total. The van der Waals surface area contributed by atoms with Gasteiger partial charge in [-0.2, -0.15) is 0 Å². The third-order valence-electron chi connectivity index (χ3n) is 3.19. The molecule has 0 saturated carbocycles. The number of aromatic amines is 1. The summed E-state index contributed by atoms with van der Waals surface area (Å²) < 4.78 is 3.21. The summed E-state index contributed by atoms with van der Waals surface area (Å²) >= 11 is 7.80. The number of hydrogen-bond donors (Lipinski definition) is 3. The molecule has 0 saturated heterocycles. The van der Waals surface area contributed by atoms with Gasteiger partial charge in [-0.1, -0.05) is 23.5 Å². The molecule has 0 bridgehead atoms. The number of nitrogens with two attached hydrogens (primary N) is 1. The van der Waals surface area contributed by atoms with Crippen molar-refractivity contribution < 1.29 is 0 Å². The summed E-state index contributed by atoms with van der Waals surface area (Å²) in [7, 11) is 0. The summed E-state index contributed by atoms with van der Waals surface area (Å²) in [6.45, 7) is 0.739. The second kappa shape index (κ2) is 5.93. The average molecular weight is 320 g/mol. The predicted octanol–water partition coefficient (Wildman–Crippen LogP) is 3.23. The molecule has 2 aromatic heterocycles. The molecule has 7 heteroatoms. The van der Waals surface area contributed by atoms with E-state index >= 15 is 0 Å². The number of anilines is 1. The lowest BCUT2D eigenvalue weighted by molar-refractivity contribution is 0.980. The van der Waals surface area contributed by atoms with Crippen LogP contribution < -0.4 is 10.5 Å². The lowest BCUT2D eigenvalue weighted by atomic mass is 10.0. The number of fused-ring (bicyclic) bond motifs is 1. The fourth-order valence-electron chi connectivity index (χ4n) is 2.28. The van der Waals surface area contributed by atoms with Crippen molar-refractivity contribution in [2.45, 2.75) is 6.54 Å². The Morgan fingerprint density at radius 3 is 3.00 bits per heavy atom. The van der Waals surface area contributed by atoms with Gasteiger partial charge in [-0.15, -0.1) is 0 Å². The van der Waals surface area contributed by atoms with Crippen molar-refractivity contribution in [3.63, 3.8) is 0 Å². The number of H-pyrrole nitrogens is 1. The first-order valence-electron chi connectivity index (χ1n) is 6.32. The standard InChI is InChI=1S/C14H14ClN5S/c1-21-20-5-8-2-9(4-10(15)3-8)11-6-17-14-12(11)13(16)18-7-19-14/h2-4,6-7,20H,5H2,1H3,(H3,16,17,18,19). The number of aromatic nitrogens is 3. The smallest absolute Gasteiger partial charge is 0.143 e. The van der Waals surface area contributed by atoms with Crippen LogP contribution in [0, 0.1) is 0 Å². The summed E-state index contributed by atoms with van der Waals surface area (Å²) in [6.07, 6.45) is 5.32. The van der Waals surface area contributed by atoms with Crippen molar-refractivity contribution >= 4 is 40.4 Å². The molecule has 0 spiro atoms. The first-order chi connectivity index (χ1) is 10.2. The number of halogens is 1. The van der Waals surface area contributed by atoms with E-state index in [9.17, 15) is 0 Å². The van der Waals surface area contributed by atoms with Gasteiger partial charge in [0.15, 0.2) is 0 Å². The largest absolute Gasteiger partial charge is 0.383 e. The van der Waals surface area contributed by atoms with Crippen LogP contribution in [-0.4, -0.2) is 21.2 Å². The molecule has 4 N–H and O–H groups in total. The van der Waals surface area contributed by atoms with Crippen molar-refractivity contribution in [3.05, 3.63) is 41.3 Å². The maximum atomic E-state index is 6.23. The van der Waals surface area contributed by atoms with E-state index in [4.69, 9.17) is 17.3 Å². The zero-order chi connectivity index (χ0) is 14.8. The summed E-state index contributed by atoms with van der Waals surface area (Å²) in [5, 5.41) is 1.51. The van der Waals surface area contributed by atoms with Gasteiger partial charge in [0.2, 0.25) is 0 Å². The predicted molar refractivity (Wildman–Crippen MR) is 89.1 cm³/mol. The molecular weight excluding hydrogens is 306 g/mol. The van der Waals surface area contributed by atoms with Gasteiger partial charge in [-0.3, -0.25) is 4.72 Å². The van der Waals surface area contributed by atoms with Crippen LogP contribution in [0.5, 0.6) is 0 Å². The van der Waals surface area contributed by atoms with Crippen molar-refractivity contribution in [1.82, 2.24) is 19.7 Å². The molecule has 108 valence electrons. The monoisotopic (exact) mass is 319 g/mol. The van der Waals surface area contributed by atoms with Crippen LogP contribution in [0.1, 0.15) is 5.56 Å². The molecule has 0 aliphatic carbocycles. The zero-order valence-electron chi connectivity index (χ0n) is 11.4. The average Bonchev–Trinajstić information content (AvgIpc) is 2.90. The Hall–Kier alpha value is -1.76. The fourth-order valence-corrected chi connectivity index (χ4v) is 2.85. The minimum absolute atomic E-state index is 0.458. The molecule has 0 aliphatic heterocycles. The van der Waals surface area contributed by atoms with Gasteiger partial charge in [0.05, 0.1) is 5.39 Å². The minimum Gasteiger partial charge on any atom is -0.383 e. The van der Waals surface area contributed by atoms with Crippen LogP contribution in [-0.2, 0) is 6.54 Å². The van der Waals surface area contributed by atoms with Crippen LogP contribution in [0.3, 0.4) is 0 Å². The normalized spacial score (nSPS) is 11.1. The molecule has 1 aromatic carbocycles. The number of rotatable bonds is 4. The van der Waals surface area contributed by atoms with Gasteiger partial charge in [-0.25, -0.2) is 9.97 Å². The van der Waals surface area contributed by atoms with Gasteiger partial charge in [0.25, 0.3) is 0 Å². The second-order valence-electron chi connectivity index (χ2n) is 4.56. The molecule has 0 atom stereocenters. The Labute approximate surface area is 131 Å². The number of hydrogen-bond acceptors (Lipinski definition) is 5. The lowest BCUT2D eigenvalue weighted by Gasteiger charge is -2.07. The van der Waals surface area contributed by atoms with E-state index in [1.54, 1.807) is 11.9 Å². The summed E-state index contributed by atoms with van der Waals surface area (Å²) in [5.74, 6) is 0.458. The van der Waals surface area contributed by atoms with E-state index in [2.05, 4.69) is 25.7 Å². The summed E-state index contributed by atoms with van der Waals surface area (Å²) in [5.41, 5.74) is 9.76. The van der Waals surface area contributed by atoms with Crippen LogP contribution in [0.4, 0.5) is 5.82 Å². The Morgan fingerprint density at radius 1 is 1.33 bits per heavy atom. The van der Waals surface area contributed by atoms with Crippen molar-refractivity contribution in [2.24, 2.45) is 0 Å². The van der Waals surface area contributed by atoms with E-state index in [0.717, 1.165) is 34.3 Å². The topological polar surface area (TPSA) is 79.6 Å². The SMILES string of the molecule is CSNCc1cc(Cl)cc(-c2c[nH]c3ncnc(N)c23)c1. The highest BCUT2D eigenvalue weighted by molar-refractivity contribution is 7.96. The molecule has 0 aliphatic rings. The first kappa shape index (κ1) is 14.2. The Balaban J connectivity index is 2.12. The van der Waals surface area contributed by atoms with E-state index < -0.39 is 0 Å². The maximum absolute atomic E-state index is 6.23. The minimum atomic E-state index is 0.458. The zero-order valence-corrected chi connectivity index (χ0v) is 12.9. The number of nitrogens with one attached hydrogen (secondary N) is 2. The van der Waals surface area contributed by atoms with Crippen molar-refractivity contribution in [3.8, 4) is 11.1 Å². The van der Waals surface area contributed by atoms with E-state index in [1.807, 2.05) is 24.6 Å². The third kappa shape index (κ3) is 2.83. The highest BCUT2D eigenvalue weighted by atomic mass is 35.5. The third-order valence-corrected chi connectivity index (χ3v) is 3.84. The van der Waals surface area contributed by atoms with Crippen molar-refractivity contribution in [1.29, 1.82) is 0 Å². The second-order valence-corrected chi connectivity index (χ2v) is 5.69.